The normalized spacial score (nSPS) is 13.6. The lowest BCUT2D eigenvalue weighted by molar-refractivity contribution is -0.346. The first-order valence-corrected chi connectivity index (χ1v) is 10.3. The van der Waals surface area contributed by atoms with Gasteiger partial charge in [-0.05, 0) is 48.6 Å². The molecule has 0 spiro atoms. The summed E-state index contributed by atoms with van der Waals surface area (Å²) in [6, 6.07) is 11.3. The van der Waals surface area contributed by atoms with Crippen molar-refractivity contribution in [1.29, 1.82) is 0 Å². The van der Waals surface area contributed by atoms with E-state index < -0.39 is 62.1 Å². The van der Waals surface area contributed by atoms with E-state index in [1.54, 1.807) is 18.2 Å². The van der Waals surface area contributed by atoms with Gasteiger partial charge < -0.3 is 9.47 Å². The number of halogens is 10. The number of alkyl halides is 10. The van der Waals surface area contributed by atoms with E-state index >= 15 is 0 Å². The molecule has 0 aliphatic rings. The molecule has 0 N–H and O–H groups in total. The Morgan fingerprint density at radius 3 is 2.11 bits per heavy atom. The zero-order valence-electron chi connectivity index (χ0n) is 18.4. The molecule has 0 heterocycles. The van der Waals surface area contributed by atoms with Gasteiger partial charge in [-0.25, -0.2) is 4.39 Å². The minimum atomic E-state index is -5.17. The Balaban J connectivity index is 2.05. The molecule has 0 aliphatic carbocycles. The molecule has 0 radical (unpaired) electrons. The number of rotatable bonds is 12. The van der Waals surface area contributed by atoms with Crippen LogP contribution in [0.25, 0.3) is 0 Å². The minimum absolute atomic E-state index is 0.106. The molecule has 0 aromatic heterocycles. The zero-order chi connectivity index (χ0) is 27.0. The molecule has 0 bridgehead atoms. The van der Waals surface area contributed by atoms with Gasteiger partial charge in [0.25, 0.3) is 0 Å². The van der Waals surface area contributed by atoms with E-state index in [2.05, 4.69) is 9.47 Å². The summed E-state index contributed by atoms with van der Waals surface area (Å²) in [4.78, 5) is -0.607. The van der Waals surface area contributed by atoms with Crippen LogP contribution in [-0.4, -0.2) is 50.0 Å². The summed E-state index contributed by atoms with van der Waals surface area (Å²) in [7, 11) is 0. The molecule has 2 rings (SSSR count). The van der Waals surface area contributed by atoms with Crippen LogP contribution in [0.4, 0.5) is 43.9 Å². The van der Waals surface area contributed by atoms with Crippen molar-refractivity contribution < 1.29 is 58.1 Å². The zero-order valence-corrected chi connectivity index (χ0v) is 18.4. The van der Waals surface area contributed by atoms with E-state index in [-0.39, 0.29) is 18.6 Å². The van der Waals surface area contributed by atoms with E-state index in [0.29, 0.717) is 11.1 Å². The molecular weight excluding hydrogens is 516 g/mol. The Morgan fingerprint density at radius 2 is 1.50 bits per heavy atom. The third-order valence-corrected chi connectivity index (χ3v) is 4.74. The van der Waals surface area contributed by atoms with E-state index in [9.17, 15) is 43.9 Å². The van der Waals surface area contributed by atoms with Crippen molar-refractivity contribution in [2.24, 2.45) is 0 Å². The molecule has 2 aromatic rings. The topological polar surface area (TPSA) is 30.9 Å². The molecular formula is C22H21F10NO3. The van der Waals surface area contributed by atoms with Crippen molar-refractivity contribution in [2.75, 3.05) is 20.0 Å². The second kappa shape index (κ2) is 12.5. The summed E-state index contributed by atoms with van der Waals surface area (Å²) >= 11 is 0. The highest BCUT2D eigenvalue weighted by Gasteiger charge is 2.39. The van der Waals surface area contributed by atoms with Crippen LogP contribution in [0, 0.1) is 0 Å². The van der Waals surface area contributed by atoms with Gasteiger partial charge in [0.2, 0.25) is 0 Å². The fourth-order valence-corrected chi connectivity index (χ4v) is 3.13. The van der Waals surface area contributed by atoms with Gasteiger partial charge in [0, 0.05) is 6.54 Å². The molecule has 0 saturated heterocycles. The summed E-state index contributed by atoms with van der Waals surface area (Å²) in [6.45, 7) is -3.83. The number of hydrogen-bond donors (Lipinski definition) is 0. The first-order valence-electron chi connectivity index (χ1n) is 10.3. The van der Waals surface area contributed by atoms with Crippen LogP contribution in [0.3, 0.4) is 0 Å². The molecule has 0 aliphatic heterocycles. The quantitative estimate of drug-likeness (QED) is 0.220. The fourth-order valence-electron chi connectivity index (χ4n) is 3.13. The van der Waals surface area contributed by atoms with Crippen LogP contribution in [-0.2, 0) is 17.6 Å². The Bertz CT molecular complexity index is 947. The highest BCUT2D eigenvalue weighted by Crippen LogP contribution is 2.27. The first-order chi connectivity index (χ1) is 16.7. The van der Waals surface area contributed by atoms with Crippen LogP contribution in [0.15, 0.2) is 48.5 Å². The highest BCUT2D eigenvalue weighted by atomic mass is 19.4. The van der Waals surface area contributed by atoms with E-state index in [1.807, 2.05) is 0 Å². The number of benzene rings is 2. The van der Waals surface area contributed by atoms with Crippen molar-refractivity contribution >= 4 is 0 Å². The van der Waals surface area contributed by atoms with Crippen molar-refractivity contribution in [3.8, 4) is 11.5 Å². The van der Waals surface area contributed by atoms with Crippen LogP contribution in [0.2, 0.25) is 0 Å². The largest absolute Gasteiger partial charge is 0.573 e. The maximum atomic E-state index is 12.7. The van der Waals surface area contributed by atoms with E-state index in [4.69, 9.17) is 4.74 Å². The third-order valence-electron chi connectivity index (χ3n) is 4.74. The van der Waals surface area contributed by atoms with Gasteiger partial charge in [0.1, 0.15) is 31.0 Å². The van der Waals surface area contributed by atoms with Crippen molar-refractivity contribution in [3.63, 3.8) is 0 Å². The molecule has 36 heavy (non-hydrogen) atoms. The third kappa shape index (κ3) is 10.9. The molecule has 14 heteroatoms. The van der Waals surface area contributed by atoms with Gasteiger partial charge in [-0.1, -0.05) is 30.3 Å². The lowest BCUT2D eigenvalue weighted by Crippen LogP contribution is -2.41. The van der Waals surface area contributed by atoms with Gasteiger partial charge in [-0.3, -0.25) is 4.74 Å². The predicted molar refractivity (Wildman–Crippen MR) is 107 cm³/mol. The fraction of sp³-hybridized carbons (Fsp3) is 0.455. The van der Waals surface area contributed by atoms with Crippen molar-refractivity contribution in [1.82, 2.24) is 4.90 Å². The minimum Gasteiger partial charge on any atom is -0.491 e. The van der Waals surface area contributed by atoms with Gasteiger partial charge in [0.15, 0.2) is 0 Å². The Morgan fingerprint density at radius 1 is 0.806 bits per heavy atom. The van der Waals surface area contributed by atoms with E-state index in [1.165, 1.54) is 24.3 Å². The lowest BCUT2D eigenvalue weighted by atomic mass is 10.0. The molecule has 2 aromatic carbocycles. The molecule has 0 saturated carbocycles. The molecule has 0 fully saturated rings. The molecule has 4 nitrogen and oxygen atoms in total. The molecule has 0 amide bonds. The van der Waals surface area contributed by atoms with Crippen molar-refractivity contribution in [2.45, 2.75) is 44.4 Å². The number of aryl methyl sites for hydroxylation is 2. The predicted octanol–water partition coefficient (Wildman–Crippen LogP) is 6.79. The second-order valence-corrected chi connectivity index (χ2v) is 7.44. The highest BCUT2D eigenvalue weighted by molar-refractivity contribution is 5.35. The molecule has 1 atom stereocenters. The van der Waals surface area contributed by atoms with E-state index in [0.717, 1.165) is 6.07 Å². The summed E-state index contributed by atoms with van der Waals surface area (Å²) in [5, 5.41) is 0. The molecule has 202 valence electrons. The van der Waals surface area contributed by atoms with Gasteiger partial charge in [-0.2, -0.15) is 18.1 Å². The maximum absolute atomic E-state index is 12.7. The lowest BCUT2D eigenvalue weighted by Gasteiger charge is -2.25. The Labute approximate surface area is 199 Å². The number of nitrogens with zero attached hydrogens (tertiary/aromatic N) is 1. The average Bonchev–Trinajstić information content (AvgIpc) is 2.74. The average molecular weight is 537 g/mol. The van der Waals surface area contributed by atoms with Gasteiger partial charge >= 0.3 is 19.0 Å². The van der Waals surface area contributed by atoms with Crippen molar-refractivity contribution in [3.05, 3.63) is 59.7 Å². The van der Waals surface area contributed by atoms with Crippen LogP contribution in [0.5, 0.6) is 11.5 Å². The summed E-state index contributed by atoms with van der Waals surface area (Å²) in [6.07, 6.45) is -17.4. The summed E-state index contributed by atoms with van der Waals surface area (Å²) in [5.74, 6) is -0.313. The Hall–Kier alpha value is -2.74. The van der Waals surface area contributed by atoms with Crippen LogP contribution >= 0.6 is 0 Å². The van der Waals surface area contributed by atoms with Gasteiger partial charge in [0.05, 0.1) is 0 Å². The molecule has 0 unspecified atom stereocenters. The number of ether oxygens (including phenoxy) is 3. The first kappa shape index (κ1) is 29.5. The second-order valence-electron chi connectivity index (χ2n) is 7.44. The SMILES string of the molecule is FCN(CC[C@H](COc1ccccc1CCc1cccc(OC(F)(F)F)c1)OC(F)(F)F)C(F)(F)F. The maximum Gasteiger partial charge on any atom is 0.573 e. The summed E-state index contributed by atoms with van der Waals surface area (Å²) in [5.41, 5.74) is 0.953. The van der Waals surface area contributed by atoms with Crippen LogP contribution < -0.4 is 9.47 Å². The number of para-hydroxylation sites is 1. The Kier molecular flexibility index (Phi) is 10.2. The number of hydrogen-bond acceptors (Lipinski definition) is 4. The summed E-state index contributed by atoms with van der Waals surface area (Å²) < 4.78 is 139. The standard InChI is InChI=1S/C22H21F10NO3/c23-14-33(20(24,25)26)11-10-18(36-22(30,31)32)13-34-19-7-2-1-5-16(19)9-8-15-4-3-6-17(12-15)35-21(27,28)29/h1-7,12,18H,8-11,13-14H2/t18-/m1/s1. The monoisotopic (exact) mass is 537 g/mol. The van der Waals surface area contributed by atoms with Gasteiger partial charge in [-0.15, -0.1) is 26.3 Å². The van der Waals surface area contributed by atoms with Crippen LogP contribution in [0.1, 0.15) is 17.5 Å². The smallest absolute Gasteiger partial charge is 0.491 e.